The van der Waals surface area contributed by atoms with Crippen LogP contribution in [-0.4, -0.2) is 73.5 Å². The van der Waals surface area contributed by atoms with Crippen LogP contribution in [0.3, 0.4) is 0 Å². The zero-order valence-corrected chi connectivity index (χ0v) is 13.4. The van der Waals surface area contributed by atoms with Crippen LogP contribution in [0.1, 0.15) is 27.7 Å². The van der Waals surface area contributed by atoms with Gasteiger partial charge in [-0.2, -0.15) is 0 Å². The molecule has 6 nitrogen and oxygen atoms in total. The number of rotatable bonds is 4. The molecule has 1 amide bonds. The topological polar surface area (TPSA) is 68.0 Å². The Morgan fingerprint density at radius 1 is 1.35 bits per heavy atom. The third kappa shape index (κ3) is 4.92. The number of methoxy groups -OCH3 is 1. The summed E-state index contributed by atoms with van der Waals surface area (Å²) in [5.41, 5.74) is 5.18. The van der Waals surface area contributed by atoms with Crippen LogP contribution in [0.2, 0.25) is 0 Å². The van der Waals surface area contributed by atoms with Gasteiger partial charge in [0.05, 0.1) is 12.6 Å². The van der Waals surface area contributed by atoms with Crippen molar-refractivity contribution in [2.45, 2.75) is 45.4 Å². The molecular weight excluding hydrogens is 258 g/mol. The van der Waals surface area contributed by atoms with Gasteiger partial charge in [-0.25, -0.2) is 4.79 Å². The summed E-state index contributed by atoms with van der Waals surface area (Å²) < 4.78 is 10.7. The van der Waals surface area contributed by atoms with Gasteiger partial charge < -0.3 is 20.1 Å². The van der Waals surface area contributed by atoms with Crippen LogP contribution in [0, 0.1) is 0 Å². The van der Waals surface area contributed by atoms with E-state index in [0.29, 0.717) is 19.7 Å². The second-order valence-corrected chi connectivity index (χ2v) is 6.37. The summed E-state index contributed by atoms with van der Waals surface area (Å²) in [4.78, 5) is 16.3. The van der Waals surface area contributed by atoms with Crippen LogP contribution in [0.25, 0.3) is 0 Å². The molecule has 0 saturated carbocycles. The minimum atomic E-state index is -0.470. The van der Waals surface area contributed by atoms with Crippen molar-refractivity contribution in [1.29, 1.82) is 0 Å². The summed E-state index contributed by atoms with van der Waals surface area (Å²) in [7, 11) is 1.68. The first-order valence-electron chi connectivity index (χ1n) is 7.21. The fourth-order valence-electron chi connectivity index (χ4n) is 2.47. The van der Waals surface area contributed by atoms with Gasteiger partial charge in [0, 0.05) is 39.3 Å². The summed E-state index contributed by atoms with van der Waals surface area (Å²) in [6, 6.07) is 0.289. The number of amides is 1. The Bertz CT molecular complexity index is 317. The highest BCUT2D eigenvalue weighted by atomic mass is 16.6. The first-order chi connectivity index (χ1) is 9.28. The number of nitrogens with zero attached hydrogens (tertiary/aromatic N) is 2. The minimum Gasteiger partial charge on any atom is -0.444 e. The Hall–Kier alpha value is -0.850. The number of nitrogens with two attached hydrogens (primary N) is 1. The maximum absolute atomic E-state index is 12.3. The van der Waals surface area contributed by atoms with Gasteiger partial charge in [-0.05, 0) is 27.7 Å². The Morgan fingerprint density at radius 3 is 2.50 bits per heavy atom. The summed E-state index contributed by atoms with van der Waals surface area (Å²) in [6.45, 7) is 11.1. The molecule has 2 atom stereocenters. The number of carbonyl (C=O) groups is 1. The average Bonchev–Trinajstić information content (AvgIpc) is 2.30. The maximum Gasteiger partial charge on any atom is 0.410 e. The summed E-state index contributed by atoms with van der Waals surface area (Å²) >= 11 is 0. The number of piperazine rings is 1. The van der Waals surface area contributed by atoms with E-state index < -0.39 is 5.60 Å². The van der Waals surface area contributed by atoms with Gasteiger partial charge in [0.25, 0.3) is 0 Å². The van der Waals surface area contributed by atoms with E-state index in [1.54, 1.807) is 12.0 Å². The predicted octanol–water partition coefficient (Wildman–Crippen LogP) is 0.901. The van der Waals surface area contributed by atoms with E-state index in [9.17, 15) is 4.79 Å². The molecule has 0 spiro atoms. The normalized spacial score (nSPS) is 24.8. The lowest BCUT2D eigenvalue weighted by molar-refractivity contribution is -0.0252. The van der Waals surface area contributed by atoms with Crippen molar-refractivity contribution < 1.29 is 14.3 Å². The van der Waals surface area contributed by atoms with Crippen molar-refractivity contribution in [1.82, 2.24) is 9.80 Å². The third-order valence-electron chi connectivity index (χ3n) is 3.36. The zero-order chi connectivity index (χ0) is 15.3. The van der Waals surface area contributed by atoms with E-state index in [0.717, 1.165) is 13.1 Å². The van der Waals surface area contributed by atoms with E-state index in [4.69, 9.17) is 15.2 Å². The van der Waals surface area contributed by atoms with E-state index in [1.807, 2.05) is 27.7 Å². The molecule has 0 aliphatic carbocycles. The minimum absolute atomic E-state index is 0.115. The molecule has 0 aromatic carbocycles. The smallest absolute Gasteiger partial charge is 0.410 e. The molecule has 0 radical (unpaired) electrons. The first-order valence-corrected chi connectivity index (χ1v) is 7.21. The van der Waals surface area contributed by atoms with Crippen LogP contribution in [-0.2, 0) is 9.47 Å². The molecule has 1 rings (SSSR count). The van der Waals surface area contributed by atoms with Gasteiger partial charge in [-0.15, -0.1) is 0 Å². The number of hydrogen-bond donors (Lipinski definition) is 1. The fourth-order valence-corrected chi connectivity index (χ4v) is 2.47. The molecular formula is C14H29N3O3. The van der Waals surface area contributed by atoms with Crippen LogP contribution >= 0.6 is 0 Å². The molecule has 2 N–H and O–H groups in total. The molecule has 1 aliphatic heterocycles. The van der Waals surface area contributed by atoms with Crippen molar-refractivity contribution in [3.8, 4) is 0 Å². The fraction of sp³-hybridized carbons (Fsp3) is 0.929. The SMILES string of the molecule is COC[C@@H]1CN(C(=O)OC(C)(C)C)[C@H](C)CN1CCN. The lowest BCUT2D eigenvalue weighted by atomic mass is 10.1. The molecule has 20 heavy (non-hydrogen) atoms. The van der Waals surface area contributed by atoms with Crippen molar-refractivity contribution >= 4 is 6.09 Å². The summed E-state index contributed by atoms with van der Waals surface area (Å²) in [5.74, 6) is 0. The van der Waals surface area contributed by atoms with Crippen LogP contribution in [0.5, 0.6) is 0 Å². The van der Waals surface area contributed by atoms with Crippen molar-refractivity contribution in [2.24, 2.45) is 5.73 Å². The Balaban J connectivity index is 2.71. The summed E-state index contributed by atoms with van der Waals surface area (Å²) in [6.07, 6.45) is -0.251. The molecule has 1 fully saturated rings. The van der Waals surface area contributed by atoms with Gasteiger partial charge in [0.1, 0.15) is 5.60 Å². The van der Waals surface area contributed by atoms with E-state index in [2.05, 4.69) is 4.90 Å². The summed E-state index contributed by atoms with van der Waals surface area (Å²) in [5, 5.41) is 0. The molecule has 118 valence electrons. The Morgan fingerprint density at radius 2 is 2.00 bits per heavy atom. The molecule has 1 heterocycles. The zero-order valence-electron chi connectivity index (χ0n) is 13.4. The van der Waals surface area contributed by atoms with Crippen LogP contribution in [0.4, 0.5) is 4.79 Å². The van der Waals surface area contributed by atoms with Crippen molar-refractivity contribution in [2.75, 3.05) is 39.9 Å². The standard InChI is InChI=1S/C14H29N3O3/c1-11-8-16(7-6-15)12(10-19-5)9-17(11)13(18)20-14(2,3)4/h11-12H,6-10,15H2,1-5H3/t11-,12+/m1/s1. The van der Waals surface area contributed by atoms with Gasteiger partial charge >= 0.3 is 6.09 Å². The first kappa shape index (κ1) is 17.2. The van der Waals surface area contributed by atoms with Crippen molar-refractivity contribution in [3.05, 3.63) is 0 Å². The highest BCUT2D eigenvalue weighted by Gasteiger charge is 2.35. The number of hydrogen-bond acceptors (Lipinski definition) is 5. The second kappa shape index (κ2) is 7.24. The van der Waals surface area contributed by atoms with Gasteiger partial charge in [-0.1, -0.05) is 0 Å². The second-order valence-electron chi connectivity index (χ2n) is 6.37. The van der Waals surface area contributed by atoms with Gasteiger partial charge in [0.15, 0.2) is 0 Å². The Labute approximate surface area is 122 Å². The van der Waals surface area contributed by atoms with E-state index in [-0.39, 0.29) is 18.2 Å². The largest absolute Gasteiger partial charge is 0.444 e. The van der Waals surface area contributed by atoms with Gasteiger partial charge in [0.2, 0.25) is 0 Å². The highest BCUT2D eigenvalue weighted by molar-refractivity contribution is 5.68. The highest BCUT2D eigenvalue weighted by Crippen LogP contribution is 2.19. The molecule has 0 bridgehead atoms. The van der Waals surface area contributed by atoms with E-state index in [1.165, 1.54) is 0 Å². The third-order valence-corrected chi connectivity index (χ3v) is 3.36. The molecule has 1 saturated heterocycles. The molecule has 6 heteroatoms. The average molecular weight is 287 g/mol. The molecule has 0 aromatic heterocycles. The molecule has 0 aromatic rings. The maximum atomic E-state index is 12.3. The van der Waals surface area contributed by atoms with Crippen LogP contribution < -0.4 is 5.73 Å². The molecule has 1 aliphatic rings. The van der Waals surface area contributed by atoms with Gasteiger partial charge in [-0.3, -0.25) is 4.90 Å². The molecule has 0 unspecified atom stereocenters. The predicted molar refractivity (Wildman–Crippen MR) is 78.7 cm³/mol. The Kier molecular flexibility index (Phi) is 6.23. The number of ether oxygens (including phenoxy) is 2. The van der Waals surface area contributed by atoms with Crippen LogP contribution in [0.15, 0.2) is 0 Å². The van der Waals surface area contributed by atoms with E-state index >= 15 is 0 Å². The lowest BCUT2D eigenvalue weighted by Crippen LogP contribution is -2.61. The lowest BCUT2D eigenvalue weighted by Gasteiger charge is -2.45. The quantitative estimate of drug-likeness (QED) is 0.832. The monoisotopic (exact) mass is 287 g/mol. The number of carbonyl (C=O) groups excluding carboxylic acids is 1. The van der Waals surface area contributed by atoms with Crippen molar-refractivity contribution in [3.63, 3.8) is 0 Å².